The van der Waals surface area contributed by atoms with Gasteiger partial charge in [-0.15, -0.1) is 0 Å². The largest absolute Gasteiger partial charge is 0.371 e. The molecule has 1 aliphatic heterocycles. The molecule has 0 bridgehead atoms. The predicted molar refractivity (Wildman–Crippen MR) is 94.0 cm³/mol. The molecule has 0 N–H and O–H groups in total. The van der Waals surface area contributed by atoms with Crippen molar-refractivity contribution in [2.45, 2.75) is 12.8 Å². The van der Waals surface area contributed by atoms with Crippen LogP contribution < -0.4 is 4.90 Å². The number of aryl methyl sites for hydroxylation is 1. The van der Waals surface area contributed by atoms with E-state index in [1.165, 1.54) is 23.1 Å². The zero-order chi connectivity index (χ0) is 15.8. The Kier molecular flexibility index (Phi) is 3.69. The van der Waals surface area contributed by atoms with E-state index < -0.39 is 0 Å². The zero-order valence-electron chi connectivity index (χ0n) is 13.1. The molecule has 0 amide bonds. The molecule has 1 atom stereocenters. The number of halogens is 1. The molecule has 0 radical (unpaired) electrons. The number of pyridine rings is 1. The van der Waals surface area contributed by atoms with Gasteiger partial charge in [0, 0.05) is 48.6 Å². The average molecular weight is 327 g/mol. The number of anilines is 1. The van der Waals surface area contributed by atoms with Crippen LogP contribution in [0.15, 0.2) is 42.9 Å². The van der Waals surface area contributed by atoms with Crippen LogP contribution in [0.25, 0.3) is 10.9 Å². The van der Waals surface area contributed by atoms with Crippen LogP contribution in [-0.2, 0) is 13.5 Å². The standard InChI is InChI=1S/C18H19ClN4/c1-22-11-14(10-21-22)8-13-5-7-23(12-13)18-4-6-20-17-9-15(19)2-3-16(17)18/h2-4,6,9-11,13H,5,7-8,12H2,1H3. The number of hydrogen-bond donors (Lipinski definition) is 0. The lowest BCUT2D eigenvalue weighted by Gasteiger charge is -2.20. The maximum Gasteiger partial charge on any atom is 0.0737 e. The Morgan fingerprint density at radius 2 is 2.22 bits per heavy atom. The van der Waals surface area contributed by atoms with Crippen LogP contribution in [0.2, 0.25) is 5.02 Å². The van der Waals surface area contributed by atoms with Crippen LogP contribution in [0.4, 0.5) is 5.69 Å². The summed E-state index contributed by atoms with van der Waals surface area (Å²) in [5.41, 5.74) is 3.55. The first-order valence-corrected chi connectivity index (χ1v) is 8.33. The lowest BCUT2D eigenvalue weighted by molar-refractivity contribution is 0.586. The molecule has 1 aromatic carbocycles. The van der Waals surface area contributed by atoms with Gasteiger partial charge in [-0.3, -0.25) is 9.67 Å². The van der Waals surface area contributed by atoms with Gasteiger partial charge in [0.1, 0.15) is 0 Å². The van der Waals surface area contributed by atoms with E-state index in [0.717, 1.165) is 30.0 Å². The van der Waals surface area contributed by atoms with Crippen molar-refractivity contribution in [1.82, 2.24) is 14.8 Å². The Labute approximate surface area is 140 Å². The van der Waals surface area contributed by atoms with Crippen LogP contribution in [0.5, 0.6) is 0 Å². The minimum atomic E-state index is 0.676. The van der Waals surface area contributed by atoms with Crippen LogP contribution in [0.3, 0.4) is 0 Å². The Balaban J connectivity index is 1.55. The fourth-order valence-corrected chi connectivity index (χ4v) is 3.68. The van der Waals surface area contributed by atoms with Crippen LogP contribution >= 0.6 is 11.6 Å². The van der Waals surface area contributed by atoms with Gasteiger partial charge in [-0.2, -0.15) is 5.10 Å². The summed E-state index contributed by atoms with van der Waals surface area (Å²) in [6, 6.07) is 8.07. The van der Waals surface area contributed by atoms with Gasteiger partial charge >= 0.3 is 0 Å². The Morgan fingerprint density at radius 1 is 1.30 bits per heavy atom. The Hall–Kier alpha value is -2.07. The van der Waals surface area contributed by atoms with Crippen molar-refractivity contribution in [2.75, 3.05) is 18.0 Å². The molecule has 2 aromatic heterocycles. The van der Waals surface area contributed by atoms with E-state index in [2.05, 4.69) is 33.3 Å². The van der Waals surface area contributed by atoms with Gasteiger partial charge in [0.25, 0.3) is 0 Å². The molecular weight excluding hydrogens is 308 g/mol. The summed E-state index contributed by atoms with van der Waals surface area (Å²) in [7, 11) is 1.97. The van der Waals surface area contributed by atoms with Gasteiger partial charge in [-0.25, -0.2) is 0 Å². The van der Waals surface area contributed by atoms with E-state index in [9.17, 15) is 0 Å². The average Bonchev–Trinajstić information content (AvgIpc) is 3.16. The molecule has 0 aliphatic carbocycles. The molecule has 0 saturated carbocycles. The highest BCUT2D eigenvalue weighted by molar-refractivity contribution is 6.31. The molecule has 1 aliphatic rings. The molecule has 3 heterocycles. The van der Waals surface area contributed by atoms with Crippen molar-refractivity contribution >= 4 is 28.2 Å². The van der Waals surface area contributed by atoms with Crippen LogP contribution in [-0.4, -0.2) is 27.9 Å². The molecule has 1 fully saturated rings. The van der Waals surface area contributed by atoms with Gasteiger partial charge in [-0.1, -0.05) is 11.6 Å². The predicted octanol–water partition coefficient (Wildman–Crippen LogP) is 3.69. The molecular formula is C18H19ClN4. The van der Waals surface area contributed by atoms with E-state index in [1.54, 1.807) is 0 Å². The number of benzene rings is 1. The topological polar surface area (TPSA) is 34.0 Å². The monoisotopic (exact) mass is 326 g/mol. The van der Waals surface area contributed by atoms with Gasteiger partial charge < -0.3 is 4.90 Å². The third-order valence-electron chi connectivity index (χ3n) is 4.59. The fraction of sp³-hybridized carbons (Fsp3) is 0.333. The molecule has 0 spiro atoms. The first-order chi connectivity index (χ1) is 11.2. The first kappa shape index (κ1) is 14.5. The number of hydrogen-bond acceptors (Lipinski definition) is 3. The van der Waals surface area contributed by atoms with Crippen molar-refractivity contribution in [3.8, 4) is 0 Å². The molecule has 4 nitrogen and oxygen atoms in total. The van der Waals surface area contributed by atoms with E-state index in [-0.39, 0.29) is 0 Å². The van der Waals surface area contributed by atoms with Crippen molar-refractivity contribution in [3.63, 3.8) is 0 Å². The van der Waals surface area contributed by atoms with Crippen LogP contribution in [0.1, 0.15) is 12.0 Å². The normalized spacial score (nSPS) is 18.0. The van der Waals surface area contributed by atoms with E-state index in [1.807, 2.05) is 36.3 Å². The smallest absolute Gasteiger partial charge is 0.0737 e. The molecule has 1 unspecified atom stereocenters. The van der Waals surface area contributed by atoms with E-state index in [4.69, 9.17) is 11.6 Å². The highest BCUT2D eigenvalue weighted by atomic mass is 35.5. The van der Waals surface area contributed by atoms with Crippen molar-refractivity contribution < 1.29 is 0 Å². The van der Waals surface area contributed by atoms with Crippen molar-refractivity contribution in [3.05, 3.63) is 53.4 Å². The quantitative estimate of drug-likeness (QED) is 0.736. The highest BCUT2D eigenvalue weighted by Crippen LogP contribution is 2.32. The molecule has 118 valence electrons. The van der Waals surface area contributed by atoms with Gasteiger partial charge in [-0.05, 0) is 48.6 Å². The van der Waals surface area contributed by atoms with E-state index in [0.29, 0.717) is 5.92 Å². The van der Waals surface area contributed by atoms with Gasteiger partial charge in [0.15, 0.2) is 0 Å². The van der Waals surface area contributed by atoms with Crippen LogP contribution in [0, 0.1) is 5.92 Å². The molecule has 23 heavy (non-hydrogen) atoms. The summed E-state index contributed by atoms with van der Waals surface area (Å²) in [6.07, 6.45) is 8.28. The second kappa shape index (κ2) is 5.85. The molecule has 1 saturated heterocycles. The van der Waals surface area contributed by atoms with Crippen molar-refractivity contribution in [1.29, 1.82) is 0 Å². The summed E-state index contributed by atoms with van der Waals surface area (Å²) in [6.45, 7) is 2.17. The maximum atomic E-state index is 6.08. The summed E-state index contributed by atoms with van der Waals surface area (Å²) >= 11 is 6.08. The molecule has 3 aromatic rings. The third-order valence-corrected chi connectivity index (χ3v) is 4.83. The second-order valence-corrected chi connectivity index (χ2v) is 6.76. The minimum Gasteiger partial charge on any atom is -0.371 e. The van der Waals surface area contributed by atoms with Gasteiger partial charge in [0.2, 0.25) is 0 Å². The maximum absolute atomic E-state index is 6.08. The fourth-order valence-electron chi connectivity index (χ4n) is 3.51. The van der Waals surface area contributed by atoms with Gasteiger partial charge in [0.05, 0.1) is 11.7 Å². The van der Waals surface area contributed by atoms with Crippen molar-refractivity contribution in [2.24, 2.45) is 13.0 Å². The lowest BCUT2D eigenvalue weighted by atomic mass is 10.0. The summed E-state index contributed by atoms with van der Waals surface area (Å²) in [5.74, 6) is 0.676. The minimum absolute atomic E-state index is 0.676. The van der Waals surface area contributed by atoms with E-state index >= 15 is 0 Å². The SMILES string of the molecule is Cn1cc(CC2CCN(c3ccnc4cc(Cl)ccc34)C2)cn1. The number of fused-ring (bicyclic) bond motifs is 1. The summed E-state index contributed by atoms with van der Waals surface area (Å²) in [5, 5.41) is 6.18. The summed E-state index contributed by atoms with van der Waals surface area (Å²) < 4.78 is 1.88. The number of aromatic nitrogens is 3. The summed E-state index contributed by atoms with van der Waals surface area (Å²) in [4.78, 5) is 6.91. The first-order valence-electron chi connectivity index (χ1n) is 7.96. The highest BCUT2D eigenvalue weighted by Gasteiger charge is 2.24. The Morgan fingerprint density at radius 3 is 3.04 bits per heavy atom. The molecule has 5 heteroatoms. The number of nitrogens with zero attached hydrogens (tertiary/aromatic N) is 4. The number of rotatable bonds is 3. The Bertz CT molecular complexity index is 842. The lowest BCUT2D eigenvalue weighted by Crippen LogP contribution is -2.20. The second-order valence-electron chi connectivity index (χ2n) is 6.32. The molecule has 4 rings (SSSR count). The zero-order valence-corrected chi connectivity index (χ0v) is 13.9. The third kappa shape index (κ3) is 2.91.